The fourth-order valence-corrected chi connectivity index (χ4v) is 0.909. The maximum atomic E-state index is 11.2. The molecule has 14 heavy (non-hydrogen) atoms. The molecule has 2 amide bonds. The summed E-state index contributed by atoms with van der Waals surface area (Å²) >= 11 is 0. The molecule has 7 nitrogen and oxygen atoms in total. The molecule has 1 aromatic heterocycles. The van der Waals surface area contributed by atoms with Gasteiger partial charge in [-0.1, -0.05) is 0 Å². The van der Waals surface area contributed by atoms with Gasteiger partial charge in [0.15, 0.2) is 0 Å². The third-order valence-corrected chi connectivity index (χ3v) is 1.77. The largest absolute Gasteiger partial charge is 0.345 e. The van der Waals surface area contributed by atoms with Gasteiger partial charge in [-0.3, -0.25) is 14.9 Å². The van der Waals surface area contributed by atoms with Crippen LogP contribution < -0.4 is 10.6 Å². The maximum absolute atomic E-state index is 11.2. The lowest BCUT2D eigenvalue weighted by Gasteiger charge is -2.01. The topological polar surface area (TPSA) is 99.8 Å². The molecule has 0 unspecified atom stereocenters. The monoisotopic (exact) mass is 195 g/mol. The number of amides is 2. The second-order valence-corrected chi connectivity index (χ2v) is 3.04. The van der Waals surface area contributed by atoms with Gasteiger partial charge in [-0.05, 0) is 12.8 Å². The third kappa shape index (κ3) is 2.06. The van der Waals surface area contributed by atoms with Gasteiger partial charge in [0, 0.05) is 6.04 Å². The van der Waals surface area contributed by atoms with Gasteiger partial charge in [0.2, 0.25) is 5.95 Å². The zero-order chi connectivity index (χ0) is 9.97. The van der Waals surface area contributed by atoms with E-state index in [0.29, 0.717) is 0 Å². The van der Waals surface area contributed by atoms with E-state index in [2.05, 4.69) is 25.8 Å². The Kier molecular flexibility index (Phi) is 2.13. The number of H-pyrrole nitrogens is 1. The molecule has 0 radical (unpaired) electrons. The second-order valence-electron chi connectivity index (χ2n) is 3.04. The summed E-state index contributed by atoms with van der Waals surface area (Å²) in [5.41, 5.74) is 0. The third-order valence-electron chi connectivity index (χ3n) is 1.77. The molecule has 0 bridgehead atoms. The fraction of sp³-hybridized carbons (Fsp3) is 0.429. The van der Waals surface area contributed by atoms with Crippen LogP contribution in [0.2, 0.25) is 0 Å². The fourth-order valence-electron chi connectivity index (χ4n) is 0.909. The molecular formula is C7H9N5O2. The van der Waals surface area contributed by atoms with Crippen molar-refractivity contribution in [1.82, 2.24) is 20.5 Å². The van der Waals surface area contributed by atoms with Gasteiger partial charge in [0.1, 0.15) is 6.33 Å². The molecule has 1 saturated carbocycles. The molecule has 2 rings (SSSR count). The first-order valence-electron chi connectivity index (χ1n) is 4.23. The van der Waals surface area contributed by atoms with Crippen LogP contribution in [-0.4, -0.2) is 33.0 Å². The predicted molar refractivity (Wildman–Crippen MR) is 46.2 cm³/mol. The van der Waals surface area contributed by atoms with Crippen LogP contribution in [0.3, 0.4) is 0 Å². The Hall–Kier alpha value is -1.92. The summed E-state index contributed by atoms with van der Waals surface area (Å²) in [5, 5.41) is 10.8. The van der Waals surface area contributed by atoms with Gasteiger partial charge in [-0.25, -0.2) is 5.10 Å². The molecule has 0 saturated heterocycles. The van der Waals surface area contributed by atoms with Crippen molar-refractivity contribution in [3.63, 3.8) is 0 Å². The number of hydrogen-bond acceptors (Lipinski definition) is 4. The van der Waals surface area contributed by atoms with Crippen molar-refractivity contribution in [2.75, 3.05) is 5.32 Å². The van der Waals surface area contributed by atoms with Crippen LogP contribution in [0, 0.1) is 0 Å². The van der Waals surface area contributed by atoms with Crippen molar-refractivity contribution in [1.29, 1.82) is 0 Å². The van der Waals surface area contributed by atoms with Gasteiger partial charge in [0.05, 0.1) is 0 Å². The van der Waals surface area contributed by atoms with Crippen molar-refractivity contribution in [2.45, 2.75) is 18.9 Å². The van der Waals surface area contributed by atoms with Crippen molar-refractivity contribution in [3.8, 4) is 0 Å². The van der Waals surface area contributed by atoms with Crippen molar-refractivity contribution < 1.29 is 9.59 Å². The maximum Gasteiger partial charge on any atom is 0.316 e. The van der Waals surface area contributed by atoms with Crippen LogP contribution >= 0.6 is 0 Å². The van der Waals surface area contributed by atoms with E-state index >= 15 is 0 Å². The summed E-state index contributed by atoms with van der Waals surface area (Å²) in [6, 6.07) is 0.169. The molecular weight excluding hydrogens is 186 g/mol. The molecule has 1 heterocycles. The van der Waals surface area contributed by atoms with E-state index in [4.69, 9.17) is 0 Å². The summed E-state index contributed by atoms with van der Waals surface area (Å²) in [4.78, 5) is 26.0. The number of carbonyl (C=O) groups is 2. The lowest BCUT2D eigenvalue weighted by atomic mass is 10.5. The zero-order valence-corrected chi connectivity index (χ0v) is 7.28. The highest BCUT2D eigenvalue weighted by Crippen LogP contribution is 2.18. The molecule has 7 heteroatoms. The number of nitrogens with zero attached hydrogens (tertiary/aromatic N) is 2. The minimum absolute atomic E-state index is 0.168. The minimum atomic E-state index is -0.728. The van der Waals surface area contributed by atoms with E-state index in [1.54, 1.807) is 0 Å². The lowest BCUT2D eigenvalue weighted by Crippen LogP contribution is -2.36. The Morgan fingerprint density at radius 1 is 1.43 bits per heavy atom. The SMILES string of the molecule is O=C(Nc1ncn[nH]1)C(=O)NC1CC1. The average molecular weight is 195 g/mol. The number of aromatic amines is 1. The standard InChI is InChI=1S/C7H9N5O2/c13-5(10-4-1-2-4)6(14)11-7-8-3-9-12-7/h3-4H,1-2H2,(H,10,13)(H2,8,9,11,12,14). The highest BCUT2D eigenvalue weighted by molar-refractivity contribution is 6.39. The minimum Gasteiger partial charge on any atom is -0.345 e. The molecule has 3 N–H and O–H groups in total. The van der Waals surface area contributed by atoms with E-state index in [9.17, 15) is 9.59 Å². The first kappa shape index (κ1) is 8.67. The second kappa shape index (κ2) is 3.44. The summed E-state index contributed by atoms with van der Waals surface area (Å²) in [6.07, 6.45) is 3.14. The highest BCUT2D eigenvalue weighted by Gasteiger charge is 2.26. The van der Waals surface area contributed by atoms with Gasteiger partial charge < -0.3 is 5.32 Å². The lowest BCUT2D eigenvalue weighted by molar-refractivity contribution is -0.136. The summed E-state index contributed by atoms with van der Waals surface area (Å²) < 4.78 is 0. The van der Waals surface area contributed by atoms with Crippen molar-refractivity contribution in [2.24, 2.45) is 0 Å². The van der Waals surface area contributed by atoms with E-state index in [-0.39, 0.29) is 12.0 Å². The Morgan fingerprint density at radius 2 is 2.21 bits per heavy atom. The number of anilines is 1. The van der Waals surface area contributed by atoms with Gasteiger partial charge in [0.25, 0.3) is 0 Å². The first-order valence-corrected chi connectivity index (χ1v) is 4.23. The molecule has 74 valence electrons. The van der Waals surface area contributed by atoms with Crippen molar-refractivity contribution >= 4 is 17.8 Å². The average Bonchev–Trinajstić information content (AvgIpc) is 2.81. The number of aromatic nitrogens is 3. The van der Waals surface area contributed by atoms with Gasteiger partial charge in [-0.15, -0.1) is 0 Å². The smallest absolute Gasteiger partial charge is 0.316 e. The van der Waals surface area contributed by atoms with Crippen molar-refractivity contribution in [3.05, 3.63) is 6.33 Å². The summed E-state index contributed by atoms with van der Waals surface area (Å²) in [7, 11) is 0. The number of hydrogen-bond donors (Lipinski definition) is 3. The first-order chi connectivity index (χ1) is 6.75. The highest BCUT2D eigenvalue weighted by atomic mass is 16.2. The molecule has 0 aliphatic heterocycles. The zero-order valence-electron chi connectivity index (χ0n) is 7.28. The Bertz CT molecular complexity index is 343. The van der Waals surface area contributed by atoms with Crippen LogP contribution in [-0.2, 0) is 9.59 Å². The Morgan fingerprint density at radius 3 is 2.79 bits per heavy atom. The Labute approximate surface area is 79.3 Å². The Balaban J connectivity index is 1.85. The molecule has 1 aliphatic carbocycles. The van der Waals surface area contributed by atoms with Gasteiger partial charge >= 0.3 is 11.8 Å². The van der Waals surface area contributed by atoms with E-state index in [1.165, 1.54) is 6.33 Å². The number of rotatable bonds is 2. The normalized spacial score (nSPS) is 14.9. The number of carbonyl (C=O) groups excluding carboxylic acids is 2. The molecule has 0 spiro atoms. The van der Waals surface area contributed by atoms with Crippen LogP contribution in [0.1, 0.15) is 12.8 Å². The van der Waals surface area contributed by atoms with Gasteiger partial charge in [-0.2, -0.15) is 10.1 Å². The van der Waals surface area contributed by atoms with Crippen LogP contribution in [0.15, 0.2) is 6.33 Å². The quantitative estimate of drug-likeness (QED) is 0.528. The van der Waals surface area contributed by atoms with Crippen LogP contribution in [0.25, 0.3) is 0 Å². The molecule has 1 fully saturated rings. The summed E-state index contributed by atoms with van der Waals surface area (Å²) in [6.45, 7) is 0. The molecule has 0 atom stereocenters. The summed E-state index contributed by atoms with van der Waals surface area (Å²) in [5.74, 6) is -1.20. The molecule has 0 aromatic carbocycles. The van der Waals surface area contributed by atoms with E-state index in [0.717, 1.165) is 12.8 Å². The van der Waals surface area contributed by atoms with E-state index in [1.807, 2.05) is 0 Å². The molecule has 1 aromatic rings. The predicted octanol–water partition coefficient (Wildman–Crippen LogP) is -0.978. The van der Waals surface area contributed by atoms with E-state index < -0.39 is 11.8 Å². The van der Waals surface area contributed by atoms with Crippen LogP contribution in [0.5, 0.6) is 0 Å². The molecule has 1 aliphatic rings. The number of nitrogens with one attached hydrogen (secondary N) is 3. The van der Waals surface area contributed by atoms with Crippen LogP contribution in [0.4, 0.5) is 5.95 Å².